The lowest BCUT2D eigenvalue weighted by molar-refractivity contribution is -0.661. The van der Waals surface area contributed by atoms with Gasteiger partial charge >= 0.3 is 0 Å². The van der Waals surface area contributed by atoms with E-state index in [1.54, 1.807) is 117 Å². The van der Waals surface area contributed by atoms with E-state index < -0.39 is 46.5 Å². The van der Waals surface area contributed by atoms with Crippen molar-refractivity contribution in [3.63, 3.8) is 0 Å². The molecule has 1 atom stereocenters. The molecule has 0 amide bonds. The van der Waals surface area contributed by atoms with E-state index in [2.05, 4.69) is 224 Å². The van der Waals surface area contributed by atoms with Crippen molar-refractivity contribution in [2.75, 3.05) is 0 Å². The Kier molecular flexibility index (Phi) is 24.6. The second kappa shape index (κ2) is 42.9. The highest BCUT2D eigenvalue weighted by Gasteiger charge is 2.30. The number of nitrogens with zero attached hydrogens (tertiary/aromatic N) is 7. The summed E-state index contributed by atoms with van der Waals surface area (Å²) in [5.41, 5.74) is 49.1. The molecule has 7 nitrogen and oxygen atoms in total. The van der Waals surface area contributed by atoms with Crippen LogP contribution in [-0.4, -0.2) is 0 Å². The van der Waals surface area contributed by atoms with Crippen molar-refractivity contribution >= 4 is 0 Å². The van der Waals surface area contributed by atoms with Crippen molar-refractivity contribution in [1.29, 1.82) is 0 Å². The first-order valence-corrected chi connectivity index (χ1v) is 47.4. The summed E-state index contributed by atoms with van der Waals surface area (Å²) in [6.07, 6.45) is 33.3. The number of fused-ring (bicyclic) bond motifs is 5. The van der Waals surface area contributed by atoms with Gasteiger partial charge in [-0.1, -0.05) is 132 Å². The lowest BCUT2D eigenvalue weighted by atomic mass is 9.87. The molecule has 14 aromatic rings. The fraction of sp³-hybridized carbons (Fsp3) is 0.379. The van der Waals surface area contributed by atoms with Crippen molar-refractivity contribution in [1.82, 2.24) is 0 Å². The van der Waals surface area contributed by atoms with Gasteiger partial charge in [0.2, 0.25) is 39.9 Å². The van der Waals surface area contributed by atoms with Gasteiger partial charge in [-0.15, -0.1) is 0 Å². The molecule has 0 saturated carbocycles. The minimum absolute atomic E-state index is 0.305. The molecule has 0 aliphatic heterocycles. The molecule has 0 spiro atoms. The standard InChI is InChI=1S/C19H26N.3C18H22N.2C17H20N.C17H22N/c1-12(2)17-8-9-18(13(3)10-17)19-16(6)15(5)14(4)11-20(19)7;2*1-13-8-9-17(14(2)10-13)18-11-15-6-4-5-7-16(15)12-19(18)3;1-13-8-9-16(14(2)12-13)18-17-7-5-4-6-15(17)10-11-19(18)3;1-12-7-8-16(13(2)9-12)17-10-14-5-4-6-15(14)11-18(17)3;1-12-7-8-15(13(2)11-12)17-16-6-4-5-14(16)9-10-18(17)3;1-11-7-8-16(12(2)9-11)17-15(5)14(4)13(3)10-18(17)6/h8-12H,1-7H3;3*8-12H,4-7H2,1-3H3;2*7-11H,4-6H2,1-3H3;7-10H,1-6H3/q7*+1/i1D3,4D3,12D;1D3,6D2;;;;;1D3,3D3. The zero-order valence-corrected chi connectivity index (χ0v) is 82.7. The highest BCUT2D eigenvalue weighted by molar-refractivity contribution is 5.71. The number of aromatic nitrogens is 7. The summed E-state index contributed by atoms with van der Waals surface area (Å²) in [6.45, 7) is 20.9. The van der Waals surface area contributed by atoms with Crippen molar-refractivity contribution in [2.45, 2.75) is 266 Å². The minimum atomic E-state index is -2.43. The Morgan fingerprint density at radius 3 is 0.954 bits per heavy atom. The smallest absolute Gasteiger partial charge is 0.201 e. The third-order valence-electron chi connectivity index (χ3n) is 27.8. The third kappa shape index (κ3) is 22.7. The van der Waals surface area contributed by atoms with Crippen LogP contribution in [0.4, 0.5) is 0 Å². The van der Waals surface area contributed by atoms with Crippen LogP contribution in [-0.2, 0) is 113 Å². The Labute approximate surface area is 815 Å². The van der Waals surface area contributed by atoms with Crippen LogP contribution in [0.1, 0.15) is 263 Å². The molecule has 7 heteroatoms. The number of hydrogen-bond donors (Lipinski definition) is 0. The van der Waals surface area contributed by atoms with Gasteiger partial charge in [0.1, 0.15) is 49.3 Å². The molecule has 5 aliphatic carbocycles. The summed E-state index contributed by atoms with van der Waals surface area (Å²) < 4.78 is 154. The summed E-state index contributed by atoms with van der Waals surface area (Å²) >= 11 is 0. The summed E-state index contributed by atoms with van der Waals surface area (Å²) in [6, 6.07) is 53.9. The van der Waals surface area contributed by atoms with Crippen LogP contribution >= 0.6 is 0 Å². The molecule has 0 fully saturated rings. The highest BCUT2D eigenvalue weighted by atomic mass is 15.0. The normalized spacial score (nSPS) is 16.5. The van der Waals surface area contributed by atoms with Gasteiger partial charge in [0, 0.05) is 144 Å². The maximum Gasteiger partial charge on any atom is 0.216 e. The summed E-state index contributed by atoms with van der Waals surface area (Å²) in [5, 5.41) is 0. The van der Waals surface area contributed by atoms with Crippen molar-refractivity contribution in [2.24, 2.45) is 49.3 Å². The van der Waals surface area contributed by atoms with Crippen molar-refractivity contribution < 1.29 is 56.6 Å². The number of hydrogen-bond acceptors (Lipinski definition) is 0. The molecule has 0 saturated heterocycles. The zero-order valence-electron chi connectivity index (χ0n) is 101. The first kappa shape index (κ1) is 75.2. The molecule has 7 aromatic carbocycles. The van der Waals surface area contributed by atoms with Crippen LogP contribution in [0, 0.1) is 131 Å². The lowest BCUT2D eigenvalue weighted by Crippen LogP contribution is -2.33. The molecule has 0 N–H and O–H groups in total. The first-order valence-electron chi connectivity index (χ1n) is 56.4. The number of rotatable bonds is 8. The summed E-state index contributed by atoms with van der Waals surface area (Å²) in [5.74, 6) is -1.70. The van der Waals surface area contributed by atoms with E-state index in [4.69, 9.17) is 24.7 Å². The van der Waals surface area contributed by atoms with Gasteiger partial charge < -0.3 is 0 Å². The molecule has 678 valence electrons. The molecule has 5 aliphatic rings. The van der Waals surface area contributed by atoms with E-state index >= 15 is 0 Å². The molecule has 0 bridgehead atoms. The molecule has 7 aromatic heterocycles. The van der Waals surface area contributed by atoms with Crippen LogP contribution in [0.2, 0.25) is 0 Å². The van der Waals surface area contributed by atoms with Crippen LogP contribution in [0.15, 0.2) is 201 Å². The van der Waals surface area contributed by atoms with E-state index in [-0.39, 0.29) is 0 Å². The predicted octanol–water partition coefficient (Wildman–Crippen LogP) is 25.8. The Hall–Kier alpha value is -11.4. The van der Waals surface area contributed by atoms with E-state index in [1.165, 1.54) is 192 Å². The van der Waals surface area contributed by atoms with Gasteiger partial charge in [-0.3, -0.25) is 0 Å². The third-order valence-corrected chi connectivity index (χ3v) is 27.8. The maximum absolute atomic E-state index is 8.29. The Bertz CT molecular complexity index is 7370. The van der Waals surface area contributed by atoms with Crippen LogP contribution < -0.4 is 32.0 Å². The maximum atomic E-state index is 8.29. The Morgan fingerprint density at radius 2 is 0.557 bits per heavy atom. The van der Waals surface area contributed by atoms with Crippen LogP contribution in [0.25, 0.3) is 78.8 Å². The Morgan fingerprint density at radius 1 is 0.252 bits per heavy atom. The summed E-state index contributed by atoms with van der Waals surface area (Å²) in [7, 11) is 14.2. The largest absolute Gasteiger partial charge is 0.216 e. The number of pyridine rings is 7. The predicted molar refractivity (Wildman–Crippen MR) is 549 cm³/mol. The van der Waals surface area contributed by atoms with E-state index in [0.29, 0.717) is 34.2 Å². The van der Waals surface area contributed by atoms with Crippen molar-refractivity contribution in [3.05, 3.63) is 368 Å². The van der Waals surface area contributed by atoms with Gasteiger partial charge in [0.05, 0.1) is 0 Å². The molecular weight excluding hydrogens is 1590 g/mol. The molecule has 131 heavy (non-hydrogen) atoms. The van der Waals surface area contributed by atoms with Gasteiger partial charge in [0.25, 0.3) is 0 Å². The molecule has 19 rings (SSSR count). The van der Waals surface area contributed by atoms with Crippen LogP contribution in [0.5, 0.6) is 0 Å². The van der Waals surface area contributed by atoms with Gasteiger partial charge in [0.15, 0.2) is 43.4 Å². The van der Waals surface area contributed by atoms with Gasteiger partial charge in [-0.05, 0) is 379 Å². The lowest BCUT2D eigenvalue weighted by Gasteiger charge is -2.18. The fourth-order valence-electron chi connectivity index (χ4n) is 20.4. The average Bonchev–Trinajstić information content (AvgIpc) is 1.55. The molecule has 1 unspecified atom stereocenters. The monoisotopic (exact) mass is 1760 g/mol. The van der Waals surface area contributed by atoms with Gasteiger partial charge in [-0.25, -0.2) is 32.0 Å². The quantitative estimate of drug-likeness (QED) is 0.136. The van der Waals surface area contributed by atoms with E-state index in [0.717, 1.165) is 96.7 Å². The molecule has 7 heterocycles. The topological polar surface area (TPSA) is 27.2 Å². The second-order valence-electron chi connectivity index (χ2n) is 38.1. The SMILES string of the molecule is Cc1ccc(-c2c3c(cc[n+]2C)CCC3)c(C)c1.Cc1ccc(-c2c3c(cc[n+]2C)CCCC3)c(C)c1.Cc1ccc(-c2cc3c(c[n+]2C)CCC3)c(C)c1.Cc1ccc(-c2cc3c(c[n+]2C)CCCC3)c(C)c1.[2H]C([2H])([2H])c1c[n+](C)c(-c2ccc(C([2H])(C)C([2H])([2H])[2H])cc2C)c(C)c1C.[2H]C([2H])([2H])c1ccc(-c2c(C)c(C)c(C([2H])([2H])[2H])c[n+]2C)c(C)c1.[2H]C([2H])([2H])c1ccc(-c2cc3c(c[n+]2C)CCCC3([2H])[2H])c(C)c1. The van der Waals surface area contributed by atoms with Crippen LogP contribution in [0.3, 0.4) is 0 Å². The summed E-state index contributed by atoms with van der Waals surface area (Å²) in [4.78, 5) is 0. The molecule has 0 radical (unpaired) electrons. The Balaban J connectivity index is 0.000000146. The second-order valence-corrected chi connectivity index (χ2v) is 38.1. The van der Waals surface area contributed by atoms with Gasteiger partial charge in [-0.2, -0.15) is 0 Å². The average molecular weight is 1760 g/mol. The minimum Gasteiger partial charge on any atom is -0.201 e. The van der Waals surface area contributed by atoms with Crippen molar-refractivity contribution in [3.8, 4) is 78.8 Å². The fourth-order valence-corrected chi connectivity index (χ4v) is 20.4. The first-order chi connectivity index (χ1) is 69.6. The number of aryl methyl sites for hydroxylation is 30. The van der Waals surface area contributed by atoms with E-state index in [9.17, 15) is 0 Å². The van der Waals surface area contributed by atoms with E-state index in [1.807, 2.05) is 84.6 Å². The molecular formula is C124H154N7+7. The zero-order chi connectivity index (χ0) is 109. The highest BCUT2D eigenvalue weighted by Crippen LogP contribution is 2.38. The number of benzene rings is 7.